The summed E-state index contributed by atoms with van der Waals surface area (Å²) in [7, 11) is 0. The van der Waals surface area contributed by atoms with Crippen molar-refractivity contribution >= 4 is 17.5 Å². The van der Waals surface area contributed by atoms with Crippen molar-refractivity contribution in [3.8, 4) is 0 Å². The Hall–Kier alpha value is -1.14. The molecule has 6 heteroatoms. The largest absolute Gasteiger partial charge is 0.373 e. The smallest absolute Gasteiger partial charge is 0.237 e. The van der Waals surface area contributed by atoms with Crippen LogP contribution in [0.4, 0.5) is 0 Å². The SMILES string of the molecule is CC(C)[C@H](N)C(=O)NCC(c1ccc(Cl)cc1)N1CCOC(C)(C)C1. The number of nitrogens with one attached hydrogen (secondary N) is 1. The topological polar surface area (TPSA) is 67.6 Å². The molecule has 1 saturated heterocycles. The van der Waals surface area contributed by atoms with Gasteiger partial charge in [-0.3, -0.25) is 9.69 Å². The molecular formula is C19H30ClN3O2. The first kappa shape index (κ1) is 20.2. The lowest BCUT2D eigenvalue weighted by Gasteiger charge is -2.42. The lowest BCUT2D eigenvalue weighted by atomic mass is 10.00. The molecule has 5 nitrogen and oxygen atoms in total. The van der Waals surface area contributed by atoms with Gasteiger partial charge in [0.25, 0.3) is 0 Å². The van der Waals surface area contributed by atoms with Crippen molar-refractivity contribution in [2.24, 2.45) is 11.7 Å². The summed E-state index contributed by atoms with van der Waals surface area (Å²) >= 11 is 6.03. The molecule has 2 rings (SSSR count). The highest BCUT2D eigenvalue weighted by Crippen LogP contribution is 2.27. The Morgan fingerprint density at radius 1 is 1.36 bits per heavy atom. The minimum absolute atomic E-state index is 0.0590. The van der Waals surface area contributed by atoms with Crippen LogP contribution in [-0.2, 0) is 9.53 Å². The fourth-order valence-electron chi connectivity index (χ4n) is 3.08. The van der Waals surface area contributed by atoms with E-state index in [0.717, 1.165) is 18.7 Å². The number of hydrogen-bond donors (Lipinski definition) is 2. The van der Waals surface area contributed by atoms with Crippen LogP contribution >= 0.6 is 11.6 Å². The van der Waals surface area contributed by atoms with Crippen molar-refractivity contribution in [1.29, 1.82) is 0 Å². The summed E-state index contributed by atoms with van der Waals surface area (Å²) < 4.78 is 5.83. The van der Waals surface area contributed by atoms with Gasteiger partial charge in [-0.25, -0.2) is 0 Å². The second kappa shape index (κ2) is 8.49. The summed E-state index contributed by atoms with van der Waals surface area (Å²) in [5, 5.41) is 3.73. The van der Waals surface area contributed by atoms with Crippen LogP contribution in [0.3, 0.4) is 0 Å². The third-order valence-electron chi connectivity index (χ3n) is 4.64. The molecule has 1 aromatic rings. The van der Waals surface area contributed by atoms with E-state index in [9.17, 15) is 4.79 Å². The van der Waals surface area contributed by atoms with Crippen molar-refractivity contribution in [2.45, 2.75) is 45.4 Å². The van der Waals surface area contributed by atoms with E-state index in [0.29, 0.717) is 18.2 Å². The molecule has 1 aliphatic heterocycles. The number of rotatable bonds is 6. The number of amides is 1. The maximum Gasteiger partial charge on any atom is 0.237 e. The molecule has 140 valence electrons. The van der Waals surface area contributed by atoms with Crippen molar-refractivity contribution < 1.29 is 9.53 Å². The fourth-order valence-corrected chi connectivity index (χ4v) is 3.21. The summed E-state index contributed by atoms with van der Waals surface area (Å²) in [4.78, 5) is 14.6. The zero-order valence-corrected chi connectivity index (χ0v) is 16.3. The van der Waals surface area contributed by atoms with Gasteiger partial charge in [-0.05, 0) is 37.5 Å². The van der Waals surface area contributed by atoms with Gasteiger partial charge in [-0.2, -0.15) is 0 Å². The van der Waals surface area contributed by atoms with E-state index >= 15 is 0 Å². The van der Waals surface area contributed by atoms with E-state index in [4.69, 9.17) is 22.1 Å². The highest BCUT2D eigenvalue weighted by Gasteiger charge is 2.32. The zero-order chi connectivity index (χ0) is 18.6. The summed E-state index contributed by atoms with van der Waals surface area (Å²) in [6.07, 6.45) is 0. The third kappa shape index (κ3) is 5.68. The average Bonchev–Trinajstić information content (AvgIpc) is 2.54. The monoisotopic (exact) mass is 367 g/mol. The maximum atomic E-state index is 12.3. The van der Waals surface area contributed by atoms with E-state index in [1.54, 1.807) is 0 Å². The molecule has 0 saturated carbocycles. The first-order chi connectivity index (χ1) is 11.7. The average molecular weight is 368 g/mol. The number of ether oxygens (including phenoxy) is 1. The molecule has 0 aromatic heterocycles. The van der Waals surface area contributed by atoms with E-state index in [1.165, 1.54) is 0 Å². The van der Waals surface area contributed by atoms with Gasteiger partial charge in [-0.1, -0.05) is 37.6 Å². The molecule has 1 aliphatic rings. The molecule has 1 heterocycles. The standard InChI is InChI=1S/C19H30ClN3O2/c1-13(2)17(21)18(24)22-11-16(14-5-7-15(20)8-6-14)23-9-10-25-19(3,4)12-23/h5-8,13,16-17H,9-12,21H2,1-4H3,(H,22,24)/t16?,17-/m0/s1. The lowest BCUT2D eigenvalue weighted by molar-refractivity contribution is -0.124. The number of halogens is 1. The number of carbonyl (C=O) groups excluding carboxylic acids is 1. The minimum Gasteiger partial charge on any atom is -0.373 e. The Morgan fingerprint density at radius 3 is 2.56 bits per heavy atom. The van der Waals surface area contributed by atoms with Crippen molar-refractivity contribution in [1.82, 2.24) is 10.2 Å². The normalized spacial score (nSPS) is 20.3. The lowest BCUT2D eigenvalue weighted by Crippen LogP contribution is -2.52. The van der Waals surface area contributed by atoms with Crippen LogP contribution in [0.1, 0.15) is 39.3 Å². The first-order valence-electron chi connectivity index (χ1n) is 8.86. The van der Waals surface area contributed by atoms with Crippen LogP contribution in [0.5, 0.6) is 0 Å². The molecule has 0 radical (unpaired) electrons. The number of nitrogens with zero attached hydrogens (tertiary/aromatic N) is 1. The first-order valence-corrected chi connectivity index (χ1v) is 9.24. The van der Waals surface area contributed by atoms with Gasteiger partial charge in [0.1, 0.15) is 0 Å². The summed E-state index contributed by atoms with van der Waals surface area (Å²) in [5.74, 6) is -0.00205. The zero-order valence-electron chi connectivity index (χ0n) is 15.6. The van der Waals surface area contributed by atoms with E-state index in [-0.39, 0.29) is 23.5 Å². The fraction of sp³-hybridized carbons (Fsp3) is 0.632. The van der Waals surface area contributed by atoms with Gasteiger partial charge in [0, 0.05) is 24.7 Å². The predicted octanol–water partition coefficient (Wildman–Crippen LogP) is 2.59. The van der Waals surface area contributed by atoms with Crippen LogP contribution in [0.2, 0.25) is 5.02 Å². The Bertz CT molecular complexity index is 575. The van der Waals surface area contributed by atoms with E-state index < -0.39 is 6.04 Å². The van der Waals surface area contributed by atoms with Gasteiger partial charge in [0.15, 0.2) is 0 Å². The van der Waals surface area contributed by atoms with Crippen LogP contribution in [0.15, 0.2) is 24.3 Å². The van der Waals surface area contributed by atoms with Crippen molar-refractivity contribution in [2.75, 3.05) is 26.2 Å². The van der Waals surface area contributed by atoms with E-state index in [2.05, 4.69) is 24.1 Å². The van der Waals surface area contributed by atoms with Gasteiger partial charge < -0.3 is 15.8 Å². The molecule has 0 aliphatic carbocycles. The van der Waals surface area contributed by atoms with Crippen molar-refractivity contribution in [3.05, 3.63) is 34.9 Å². The maximum absolute atomic E-state index is 12.3. The number of morpholine rings is 1. The molecule has 0 spiro atoms. The molecule has 3 N–H and O–H groups in total. The predicted molar refractivity (Wildman–Crippen MR) is 102 cm³/mol. The quantitative estimate of drug-likeness (QED) is 0.811. The summed E-state index contributed by atoms with van der Waals surface area (Å²) in [6, 6.07) is 7.37. The van der Waals surface area contributed by atoms with Gasteiger partial charge in [0.05, 0.1) is 24.3 Å². The van der Waals surface area contributed by atoms with Crippen LogP contribution < -0.4 is 11.1 Å². The van der Waals surface area contributed by atoms with Crippen LogP contribution in [0.25, 0.3) is 0 Å². The Kier molecular flexibility index (Phi) is 6.86. The van der Waals surface area contributed by atoms with Crippen LogP contribution in [0, 0.1) is 5.92 Å². The van der Waals surface area contributed by atoms with Gasteiger partial charge in [0.2, 0.25) is 5.91 Å². The van der Waals surface area contributed by atoms with Gasteiger partial charge >= 0.3 is 0 Å². The second-order valence-electron chi connectivity index (χ2n) is 7.66. The molecule has 1 aromatic carbocycles. The highest BCUT2D eigenvalue weighted by molar-refractivity contribution is 6.30. The van der Waals surface area contributed by atoms with Crippen molar-refractivity contribution in [3.63, 3.8) is 0 Å². The number of nitrogens with two attached hydrogens (primary N) is 1. The molecule has 1 amide bonds. The number of carbonyl (C=O) groups is 1. The molecule has 0 bridgehead atoms. The summed E-state index contributed by atoms with van der Waals surface area (Å²) in [6.45, 7) is 10.9. The molecule has 1 fully saturated rings. The van der Waals surface area contributed by atoms with Gasteiger partial charge in [-0.15, -0.1) is 0 Å². The Balaban J connectivity index is 2.15. The number of hydrogen-bond acceptors (Lipinski definition) is 4. The van der Waals surface area contributed by atoms with E-state index in [1.807, 2.05) is 38.1 Å². The Morgan fingerprint density at radius 2 is 2.00 bits per heavy atom. The minimum atomic E-state index is -0.494. The van der Waals surface area contributed by atoms with Crippen LogP contribution in [-0.4, -0.2) is 48.7 Å². The Labute approximate surface area is 155 Å². The molecule has 25 heavy (non-hydrogen) atoms. The highest BCUT2D eigenvalue weighted by atomic mass is 35.5. The summed E-state index contributed by atoms with van der Waals surface area (Å²) in [5.41, 5.74) is 6.88. The molecule has 2 atom stereocenters. The molecule has 1 unspecified atom stereocenters. The molecular weight excluding hydrogens is 338 g/mol. The second-order valence-corrected chi connectivity index (χ2v) is 8.10. The third-order valence-corrected chi connectivity index (χ3v) is 4.89. The number of benzene rings is 1.